The zero-order chi connectivity index (χ0) is 13.8. The van der Waals surface area contributed by atoms with Gasteiger partial charge in [0.15, 0.2) is 6.04 Å². The topological polar surface area (TPSA) is 70.1 Å². The fourth-order valence-corrected chi connectivity index (χ4v) is 2.72. The predicted molar refractivity (Wildman–Crippen MR) is 70.1 cm³/mol. The van der Waals surface area contributed by atoms with Crippen molar-refractivity contribution in [3.63, 3.8) is 0 Å². The molecule has 0 bridgehead atoms. The van der Waals surface area contributed by atoms with Crippen molar-refractivity contribution in [2.24, 2.45) is 0 Å². The molecular formula is C12H16N2O4S. The lowest BCUT2D eigenvalue weighted by molar-refractivity contribution is -0.147. The average molecular weight is 284 g/mol. The molecular weight excluding hydrogens is 268 g/mol. The van der Waals surface area contributed by atoms with Gasteiger partial charge in [-0.05, 0) is 11.4 Å². The van der Waals surface area contributed by atoms with Crippen molar-refractivity contribution in [2.45, 2.75) is 12.6 Å². The van der Waals surface area contributed by atoms with Gasteiger partial charge in [-0.1, -0.05) is 6.07 Å². The van der Waals surface area contributed by atoms with E-state index in [0.717, 1.165) is 4.88 Å². The second-order valence-electron chi connectivity index (χ2n) is 4.34. The van der Waals surface area contributed by atoms with Gasteiger partial charge in [-0.25, -0.2) is 9.59 Å². The third kappa shape index (κ3) is 3.24. The highest BCUT2D eigenvalue weighted by Crippen LogP contribution is 2.15. The number of carboxylic acid groups (broad SMARTS) is 1. The average Bonchev–Trinajstić information content (AvgIpc) is 2.90. The molecule has 1 atom stereocenters. The number of hydrogen-bond acceptors (Lipinski definition) is 4. The molecule has 1 aromatic heterocycles. The molecule has 1 unspecified atom stereocenters. The zero-order valence-electron chi connectivity index (χ0n) is 10.6. The summed E-state index contributed by atoms with van der Waals surface area (Å²) in [6.07, 6.45) is 0. The summed E-state index contributed by atoms with van der Waals surface area (Å²) in [5.74, 6) is -1.03. The van der Waals surface area contributed by atoms with Crippen molar-refractivity contribution in [2.75, 3.05) is 26.8 Å². The van der Waals surface area contributed by atoms with E-state index in [-0.39, 0.29) is 12.6 Å². The summed E-state index contributed by atoms with van der Waals surface area (Å²) >= 11 is 1.57. The summed E-state index contributed by atoms with van der Waals surface area (Å²) in [7, 11) is 1.68. The fraction of sp³-hybridized carbons (Fsp3) is 0.500. The molecule has 104 valence electrons. The van der Waals surface area contributed by atoms with Gasteiger partial charge in [0.2, 0.25) is 0 Å². The lowest BCUT2D eigenvalue weighted by Crippen LogP contribution is -2.55. The molecule has 6 nitrogen and oxygen atoms in total. The Morgan fingerprint density at radius 2 is 2.42 bits per heavy atom. The maximum absolute atomic E-state index is 12.3. The molecule has 0 saturated carbocycles. The molecule has 2 heterocycles. The van der Waals surface area contributed by atoms with Gasteiger partial charge in [0, 0.05) is 18.5 Å². The van der Waals surface area contributed by atoms with Gasteiger partial charge in [0.25, 0.3) is 0 Å². The Morgan fingerprint density at radius 3 is 3.05 bits per heavy atom. The Morgan fingerprint density at radius 1 is 1.63 bits per heavy atom. The van der Waals surface area contributed by atoms with Crippen LogP contribution in [-0.2, 0) is 16.1 Å². The third-order valence-corrected chi connectivity index (χ3v) is 3.82. The minimum atomic E-state index is -1.03. The second-order valence-corrected chi connectivity index (χ2v) is 5.37. The fourth-order valence-electron chi connectivity index (χ4n) is 1.96. The lowest BCUT2D eigenvalue weighted by atomic mass is 10.2. The summed E-state index contributed by atoms with van der Waals surface area (Å²) in [6.45, 7) is 1.22. The van der Waals surface area contributed by atoms with Crippen molar-refractivity contribution in [1.82, 2.24) is 9.80 Å². The van der Waals surface area contributed by atoms with Gasteiger partial charge >= 0.3 is 12.0 Å². The molecule has 0 aromatic carbocycles. The smallest absolute Gasteiger partial charge is 0.328 e. The number of nitrogens with zero attached hydrogens (tertiary/aromatic N) is 2. The quantitative estimate of drug-likeness (QED) is 0.902. The van der Waals surface area contributed by atoms with E-state index in [4.69, 9.17) is 9.84 Å². The summed E-state index contributed by atoms with van der Waals surface area (Å²) in [5.41, 5.74) is 0. The molecule has 0 spiro atoms. The van der Waals surface area contributed by atoms with E-state index in [2.05, 4.69) is 0 Å². The monoisotopic (exact) mass is 284 g/mol. The van der Waals surface area contributed by atoms with E-state index in [1.165, 1.54) is 9.80 Å². The van der Waals surface area contributed by atoms with E-state index < -0.39 is 12.0 Å². The van der Waals surface area contributed by atoms with Crippen molar-refractivity contribution in [3.8, 4) is 0 Å². The number of morpholine rings is 1. The largest absolute Gasteiger partial charge is 0.480 e. The number of amides is 2. The SMILES string of the molecule is CN(Cc1cccs1)C(=O)N1CCOCC1C(=O)O. The normalized spacial score (nSPS) is 19.2. The Bertz CT molecular complexity index is 449. The van der Waals surface area contributed by atoms with Crippen LogP contribution in [-0.4, -0.2) is 59.8 Å². The van der Waals surface area contributed by atoms with Gasteiger partial charge in [0.1, 0.15) is 0 Å². The number of thiophene rings is 1. The number of carbonyl (C=O) groups excluding carboxylic acids is 1. The lowest BCUT2D eigenvalue weighted by Gasteiger charge is -2.35. The molecule has 1 N–H and O–H groups in total. The molecule has 7 heteroatoms. The molecule has 0 radical (unpaired) electrons. The highest BCUT2D eigenvalue weighted by molar-refractivity contribution is 7.09. The van der Waals surface area contributed by atoms with E-state index >= 15 is 0 Å². The van der Waals surface area contributed by atoms with E-state index in [0.29, 0.717) is 19.7 Å². The highest BCUT2D eigenvalue weighted by Gasteiger charge is 2.34. The van der Waals surface area contributed by atoms with Gasteiger partial charge in [-0.3, -0.25) is 0 Å². The Hall–Kier alpha value is -1.60. The molecule has 1 fully saturated rings. The number of urea groups is 1. The number of hydrogen-bond donors (Lipinski definition) is 1. The molecule has 1 aromatic rings. The summed E-state index contributed by atoms with van der Waals surface area (Å²) in [5, 5.41) is 11.1. The number of aliphatic carboxylic acids is 1. The molecule has 19 heavy (non-hydrogen) atoms. The van der Waals surface area contributed by atoms with Crippen LogP contribution in [0.25, 0.3) is 0 Å². The first kappa shape index (κ1) is 13.8. The van der Waals surface area contributed by atoms with Crippen molar-refractivity contribution in [3.05, 3.63) is 22.4 Å². The Labute approximate surface area is 115 Å². The Kier molecular flexibility index (Phi) is 4.39. The first-order valence-corrected chi connectivity index (χ1v) is 6.82. The second kappa shape index (κ2) is 6.03. The summed E-state index contributed by atoms with van der Waals surface area (Å²) in [6, 6.07) is 2.70. The van der Waals surface area contributed by atoms with Gasteiger partial charge in [-0.15, -0.1) is 11.3 Å². The Balaban J connectivity index is 2.02. The molecule has 1 aliphatic rings. The van der Waals surface area contributed by atoms with Crippen LogP contribution in [0.4, 0.5) is 4.79 Å². The van der Waals surface area contributed by atoms with Crippen LogP contribution >= 0.6 is 11.3 Å². The highest BCUT2D eigenvalue weighted by atomic mass is 32.1. The van der Waals surface area contributed by atoms with Crippen LogP contribution in [0, 0.1) is 0 Å². The minimum absolute atomic E-state index is 0.0495. The van der Waals surface area contributed by atoms with Crippen molar-refractivity contribution in [1.29, 1.82) is 0 Å². The minimum Gasteiger partial charge on any atom is -0.480 e. The first-order chi connectivity index (χ1) is 9.09. The van der Waals surface area contributed by atoms with E-state index in [9.17, 15) is 9.59 Å². The maximum Gasteiger partial charge on any atom is 0.328 e. The van der Waals surface area contributed by atoms with Crippen LogP contribution in [0.3, 0.4) is 0 Å². The van der Waals surface area contributed by atoms with E-state index in [1.54, 1.807) is 18.4 Å². The standard InChI is InChI=1S/C12H16N2O4S/c1-13(7-9-3-2-6-19-9)12(17)14-4-5-18-8-10(14)11(15)16/h2-3,6,10H,4-5,7-8H2,1H3,(H,15,16). The maximum atomic E-state index is 12.3. The number of carboxylic acids is 1. The van der Waals surface area contributed by atoms with Crippen LogP contribution in [0.2, 0.25) is 0 Å². The molecule has 0 aliphatic carbocycles. The molecule has 2 rings (SSSR count). The van der Waals surface area contributed by atoms with Crippen LogP contribution in [0.5, 0.6) is 0 Å². The van der Waals surface area contributed by atoms with Crippen molar-refractivity contribution >= 4 is 23.3 Å². The first-order valence-electron chi connectivity index (χ1n) is 5.94. The van der Waals surface area contributed by atoms with Crippen LogP contribution < -0.4 is 0 Å². The molecule has 2 amide bonds. The predicted octanol–water partition coefficient (Wildman–Crippen LogP) is 1.09. The van der Waals surface area contributed by atoms with Crippen LogP contribution in [0.1, 0.15) is 4.88 Å². The van der Waals surface area contributed by atoms with Gasteiger partial charge < -0.3 is 19.6 Å². The molecule has 1 aliphatic heterocycles. The number of rotatable bonds is 3. The summed E-state index contributed by atoms with van der Waals surface area (Å²) in [4.78, 5) is 27.4. The van der Waals surface area contributed by atoms with Gasteiger partial charge in [-0.2, -0.15) is 0 Å². The zero-order valence-corrected chi connectivity index (χ0v) is 11.4. The summed E-state index contributed by atoms with van der Waals surface area (Å²) < 4.78 is 5.12. The van der Waals surface area contributed by atoms with Gasteiger partial charge in [0.05, 0.1) is 19.8 Å². The number of ether oxygens (including phenoxy) is 1. The van der Waals surface area contributed by atoms with Crippen LogP contribution in [0.15, 0.2) is 17.5 Å². The molecule has 1 saturated heterocycles. The number of carbonyl (C=O) groups is 2. The third-order valence-electron chi connectivity index (χ3n) is 2.96. The van der Waals surface area contributed by atoms with Crippen molar-refractivity contribution < 1.29 is 19.4 Å². The van der Waals surface area contributed by atoms with E-state index in [1.807, 2.05) is 17.5 Å².